The van der Waals surface area contributed by atoms with Gasteiger partial charge in [0.15, 0.2) is 5.96 Å². The number of fused-ring (bicyclic) bond motifs is 5. The molecule has 1 heterocycles. The molecule has 1 unspecified atom stereocenters. The number of nitrogens with one attached hydrogen (secondary N) is 4. The summed E-state index contributed by atoms with van der Waals surface area (Å²) in [5, 5.41) is 12.3. The summed E-state index contributed by atoms with van der Waals surface area (Å²) in [6.45, 7) is 8.03. The van der Waals surface area contributed by atoms with Crippen molar-refractivity contribution in [2.24, 2.45) is 51.3 Å². The predicted molar refractivity (Wildman–Crippen MR) is 219 cm³/mol. The predicted octanol–water partition coefficient (Wildman–Crippen LogP) is 10.0. The van der Waals surface area contributed by atoms with Crippen LogP contribution in [0.3, 0.4) is 0 Å². The average molecular weight is 878 g/mol. The number of halogens is 6. The van der Waals surface area contributed by atoms with Crippen molar-refractivity contribution in [3.8, 4) is 0 Å². The molecule has 4 saturated carbocycles. The van der Waals surface area contributed by atoms with Crippen LogP contribution in [0, 0.1) is 46.3 Å². The highest BCUT2D eigenvalue weighted by Crippen LogP contribution is 2.69. The molecule has 5 aliphatic rings. The van der Waals surface area contributed by atoms with Crippen LogP contribution in [-0.2, 0) is 31.4 Å². The van der Waals surface area contributed by atoms with Gasteiger partial charge in [-0.15, -0.1) is 0 Å². The Morgan fingerprint density at radius 2 is 1.45 bits per heavy atom. The molecule has 0 bridgehead atoms. The molecule has 340 valence electrons. The molecule has 4 N–H and O–H groups in total. The van der Waals surface area contributed by atoms with E-state index in [0.29, 0.717) is 19.3 Å². The summed E-state index contributed by atoms with van der Waals surface area (Å²) in [6, 6.07) is 8.44. The molecule has 7 rings (SSSR count). The van der Waals surface area contributed by atoms with Gasteiger partial charge in [-0.2, -0.15) is 26.3 Å². The average Bonchev–Trinajstić information content (AvgIpc) is 3.58. The Balaban J connectivity index is 1.20. The summed E-state index contributed by atoms with van der Waals surface area (Å²) in [5.74, 6) is 0.0703. The van der Waals surface area contributed by atoms with Crippen molar-refractivity contribution in [3.63, 3.8) is 0 Å². The molecule has 4 fully saturated rings. The molecule has 1 aliphatic heterocycles. The Morgan fingerprint density at radius 3 is 2.02 bits per heavy atom. The molecule has 0 saturated heterocycles. The quantitative estimate of drug-likeness (QED) is 0.111. The van der Waals surface area contributed by atoms with E-state index in [4.69, 9.17) is 14.2 Å². The molecule has 2 aromatic carbocycles. The van der Waals surface area contributed by atoms with E-state index < -0.39 is 53.3 Å². The number of rotatable bonds is 9. The number of aliphatic imine (C=N–C) groups is 1. The topological polar surface area (TPSA) is 139 Å². The lowest BCUT2D eigenvalue weighted by Gasteiger charge is -2.64. The summed E-state index contributed by atoms with van der Waals surface area (Å²) in [5.41, 5.74) is -2.33. The van der Waals surface area contributed by atoms with Crippen molar-refractivity contribution < 1.29 is 54.9 Å². The Bertz CT molecular complexity index is 1960. The number of hydrogen-bond acceptors (Lipinski definition) is 9. The number of benzene rings is 2. The first kappa shape index (κ1) is 45.3. The largest absolute Gasteiger partial charge is 0.469 e. The number of nitrogens with zero attached hydrogens (tertiary/aromatic N) is 1. The van der Waals surface area contributed by atoms with Crippen LogP contribution >= 0.6 is 0 Å². The van der Waals surface area contributed by atoms with Gasteiger partial charge in [0.05, 0.1) is 18.2 Å². The number of methoxy groups -OCH3 is 1. The van der Waals surface area contributed by atoms with Gasteiger partial charge in [0, 0.05) is 48.3 Å². The lowest BCUT2D eigenvalue weighted by atomic mass is 9.43. The van der Waals surface area contributed by atoms with Gasteiger partial charge in [0.25, 0.3) is 0 Å². The number of alkyl halides is 6. The molecule has 0 radical (unpaired) electrons. The maximum absolute atomic E-state index is 13.9. The highest BCUT2D eigenvalue weighted by atomic mass is 19.4. The summed E-state index contributed by atoms with van der Waals surface area (Å²) < 4.78 is 97.7. The second-order valence-electron chi connectivity index (χ2n) is 18.5. The van der Waals surface area contributed by atoms with Crippen molar-refractivity contribution in [1.29, 1.82) is 0 Å². The van der Waals surface area contributed by atoms with Gasteiger partial charge in [-0.25, -0.2) is 9.59 Å². The third-order valence-electron chi connectivity index (χ3n) is 15.2. The zero-order valence-corrected chi connectivity index (χ0v) is 35.5. The highest BCUT2D eigenvalue weighted by molar-refractivity contribution is 5.85. The Kier molecular flexibility index (Phi) is 13.0. The molecule has 0 aromatic heterocycles. The van der Waals surface area contributed by atoms with Gasteiger partial charge < -0.3 is 24.8 Å². The summed E-state index contributed by atoms with van der Waals surface area (Å²) in [7, 11) is 1.34. The first-order chi connectivity index (χ1) is 29.3. The van der Waals surface area contributed by atoms with Gasteiger partial charge in [0.2, 0.25) is 0 Å². The van der Waals surface area contributed by atoms with Gasteiger partial charge in [-0.05, 0) is 141 Å². The number of carbonyl (C=O) groups excluding carboxylic acids is 3. The molecule has 11 atom stereocenters. The number of anilines is 2. The van der Waals surface area contributed by atoms with Crippen LogP contribution in [0.4, 0.5) is 47.3 Å². The maximum atomic E-state index is 13.9. The molecule has 11 nitrogen and oxygen atoms in total. The van der Waals surface area contributed by atoms with Crippen LogP contribution in [0.1, 0.15) is 96.1 Å². The monoisotopic (exact) mass is 877 g/mol. The number of carbonyl (C=O) groups is 3. The van der Waals surface area contributed by atoms with Crippen molar-refractivity contribution in [2.75, 3.05) is 30.8 Å². The van der Waals surface area contributed by atoms with E-state index in [1.165, 1.54) is 31.4 Å². The number of hydrogen-bond donors (Lipinski definition) is 4. The molecule has 2 amide bonds. The maximum Gasteiger partial charge on any atom is 0.416 e. The minimum atomic E-state index is -4.54. The van der Waals surface area contributed by atoms with Crippen molar-refractivity contribution in [1.82, 2.24) is 10.6 Å². The van der Waals surface area contributed by atoms with E-state index in [1.807, 2.05) is 0 Å². The smallest absolute Gasteiger partial charge is 0.416 e. The molecule has 4 aliphatic carbocycles. The van der Waals surface area contributed by atoms with Gasteiger partial charge in [-0.3, -0.25) is 20.4 Å². The number of ether oxygens (including phenoxy) is 3. The fourth-order valence-electron chi connectivity index (χ4n) is 12.0. The van der Waals surface area contributed by atoms with E-state index >= 15 is 0 Å². The Morgan fingerprint density at radius 1 is 0.839 bits per heavy atom. The van der Waals surface area contributed by atoms with Crippen LogP contribution in [0.15, 0.2) is 53.5 Å². The highest BCUT2D eigenvalue weighted by Gasteiger charge is 2.68. The van der Waals surface area contributed by atoms with E-state index in [-0.39, 0.29) is 70.7 Å². The van der Waals surface area contributed by atoms with E-state index in [0.717, 1.165) is 81.8 Å². The molecule has 17 heteroatoms. The van der Waals surface area contributed by atoms with Crippen molar-refractivity contribution >= 4 is 35.5 Å². The number of esters is 1. The second kappa shape index (κ2) is 17.8. The summed E-state index contributed by atoms with van der Waals surface area (Å²) in [4.78, 5) is 44.6. The fraction of sp³-hybridized carbons (Fsp3) is 0.644. The van der Waals surface area contributed by atoms with Gasteiger partial charge in [0.1, 0.15) is 12.2 Å². The second-order valence-corrected chi connectivity index (χ2v) is 18.5. The van der Waals surface area contributed by atoms with Crippen LogP contribution in [-0.4, -0.2) is 62.6 Å². The van der Waals surface area contributed by atoms with Crippen LogP contribution in [0.2, 0.25) is 0 Å². The van der Waals surface area contributed by atoms with E-state index in [2.05, 4.69) is 47.0 Å². The standard InChI is InChI=1S/C45H57F6N5O6/c1-25(6-17-37(57)60-4)32-15-16-33-38-34(24-36(43(32,33)3)62-41(59)56-30-13-9-27(10-14-30)45(49,50)51)42(2)19-18-31(54-39-52-20-5-21-53-39)22-28(42)23-35(38)61-40(58)55-29-11-7-26(8-12-29)44(46,47)48/h7-14,25,28,31-36,38H,5-6,15-24H2,1-4H3,(H,55,58)(H,56,59)(H2,52,53,54)/t25-,28?,31-,32-,33+,34+,35-,36+,38+,42+,43-/m1/s1. The van der Waals surface area contributed by atoms with Crippen molar-refractivity contribution in [2.45, 2.75) is 116 Å². The lowest BCUT2D eigenvalue weighted by Crippen LogP contribution is -2.64. The number of amides is 2. The van der Waals surface area contributed by atoms with Crippen molar-refractivity contribution in [3.05, 3.63) is 59.7 Å². The third-order valence-corrected chi connectivity index (χ3v) is 15.2. The van der Waals surface area contributed by atoms with Crippen LogP contribution in [0.5, 0.6) is 0 Å². The van der Waals surface area contributed by atoms with E-state index in [1.54, 1.807) is 0 Å². The Labute approximate surface area is 357 Å². The number of guanidine groups is 1. The molecule has 62 heavy (non-hydrogen) atoms. The summed E-state index contributed by atoms with van der Waals surface area (Å²) in [6.07, 6.45) is -5.32. The first-order valence-electron chi connectivity index (χ1n) is 21.7. The first-order valence-corrected chi connectivity index (χ1v) is 21.7. The SMILES string of the molecule is COC(=O)CC[C@@H](C)[C@H]1CC[C@H]2[C@@H]3[C@H](OC(=O)Nc4ccc(C(F)(F)F)cc4)CC4C[C@H](NC5=NCCCN5)CC[C@]4(C)[C@H]3C[C@H](OC(=O)Nc3ccc(C(F)(F)F)cc3)[C@]12C. The normalized spacial score (nSPS) is 32.3. The van der Waals surface area contributed by atoms with Gasteiger partial charge in [-0.1, -0.05) is 20.8 Å². The molecule has 2 aromatic rings. The summed E-state index contributed by atoms with van der Waals surface area (Å²) >= 11 is 0. The zero-order valence-electron chi connectivity index (χ0n) is 35.5. The van der Waals surface area contributed by atoms with E-state index in [9.17, 15) is 40.7 Å². The fourth-order valence-corrected chi connectivity index (χ4v) is 12.0. The molecular formula is C45H57F6N5O6. The minimum absolute atomic E-state index is 0.00295. The van der Waals surface area contributed by atoms with Crippen LogP contribution < -0.4 is 21.3 Å². The minimum Gasteiger partial charge on any atom is -0.469 e. The van der Waals surface area contributed by atoms with Gasteiger partial charge >= 0.3 is 30.5 Å². The zero-order chi connectivity index (χ0) is 44.6. The third kappa shape index (κ3) is 9.46. The Hall–Kier alpha value is -4.70. The molecular weight excluding hydrogens is 821 g/mol. The van der Waals surface area contributed by atoms with Crippen LogP contribution in [0.25, 0.3) is 0 Å². The molecule has 0 spiro atoms. The lowest BCUT2D eigenvalue weighted by molar-refractivity contribution is -0.200.